The van der Waals surface area contributed by atoms with Crippen molar-refractivity contribution in [1.82, 2.24) is 15.3 Å². The number of aromatic nitrogens is 2. The largest absolute Gasteiger partial charge is 0.478 e. The van der Waals surface area contributed by atoms with E-state index in [1.54, 1.807) is 0 Å². The molecule has 0 aromatic carbocycles. The number of hydrogen-bond donors (Lipinski definition) is 1. The van der Waals surface area contributed by atoms with Crippen LogP contribution in [-0.4, -0.2) is 54.8 Å². The van der Waals surface area contributed by atoms with Crippen LogP contribution in [0.25, 0.3) is 0 Å². The molecule has 0 unspecified atom stereocenters. The highest BCUT2D eigenvalue weighted by Crippen LogP contribution is 2.23. The summed E-state index contributed by atoms with van der Waals surface area (Å²) in [6.07, 6.45) is 3.98. The van der Waals surface area contributed by atoms with Crippen molar-refractivity contribution in [3.63, 3.8) is 0 Å². The summed E-state index contributed by atoms with van der Waals surface area (Å²) in [6.45, 7) is 7.50. The minimum Gasteiger partial charge on any atom is -0.478 e. The zero-order valence-corrected chi connectivity index (χ0v) is 15.2. The Hall–Kier alpha value is -1.89. The van der Waals surface area contributed by atoms with Crippen LogP contribution in [0.4, 0.5) is 5.95 Å². The van der Waals surface area contributed by atoms with E-state index >= 15 is 0 Å². The zero-order chi connectivity index (χ0) is 17.6. The van der Waals surface area contributed by atoms with Crippen LogP contribution in [0.3, 0.4) is 0 Å². The second-order valence-electron chi connectivity index (χ2n) is 6.72. The number of aryl methyl sites for hydroxylation is 1. The van der Waals surface area contributed by atoms with Gasteiger partial charge in [0.2, 0.25) is 17.7 Å². The van der Waals surface area contributed by atoms with Gasteiger partial charge in [-0.05, 0) is 39.5 Å². The van der Waals surface area contributed by atoms with Crippen molar-refractivity contribution in [3.8, 4) is 5.88 Å². The van der Waals surface area contributed by atoms with E-state index in [-0.39, 0.29) is 17.9 Å². The summed E-state index contributed by atoms with van der Waals surface area (Å²) >= 11 is 0. The highest BCUT2D eigenvalue weighted by Gasteiger charge is 2.27. The monoisotopic (exact) mass is 348 g/mol. The van der Waals surface area contributed by atoms with Crippen LogP contribution >= 0.6 is 0 Å². The van der Waals surface area contributed by atoms with E-state index in [9.17, 15) is 4.79 Å². The number of amides is 1. The molecule has 2 saturated heterocycles. The summed E-state index contributed by atoms with van der Waals surface area (Å²) in [4.78, 5) is 23.5. The van der Waals surface area contributed by atoms with Gasteiger partial charge in [0.25, 0.3) is 0 Å². The second kappa shape index (κ2) is 8.47. The molecular formula is C18H28N4O3. The van der Waals surface area contributed by atoms with Gasteiger partial charge in [-0.3, -0.25) is 4.79 Å². The lowest BCUT2D eigenvalue weighted by atomic mass is 9.96. The van der Waals surface area contributed by atoms with Crippen LogP contribution in [0.15, 0.2) is 6.07 Å². The van der Waals surface area contributed by atoms with Crippen LogP contribution in [0.2, 0.25) is 0 Å². The average Bonchev–Trinajstić information content (AvgIpc) is 3.13. The van der Waals surface area contributed by atoms with Crippen molar-refractivity contribution in [2.75, 3.05) is 37.7 Å². The molecule has 1 aromatic rings. The summed E-state index contributed by atoms with van der Waals surface area (Å²) in [5.74, 6) is 1.52. The van der Waals surface area contributed by atoms with E-state index in [1.807, 2.05) is 19.9 Å². The summed E-state index contributed by atoms with van der Waals surface area (Å²) in [6, 6.07) is 1.85. The first-order valence-electron chi connectivity index (χ1n) is 9.28. The number of rotatable bonds is 6. The Balaban J connectivity index is 1.50. The SMILES string of the molecule is CCOc1cc(C)nc(N2CCC(C(=O)NC[C@@H]3CCCO3)CC2)n1. The van der Waals surface area contributed by atoms with Crippen molar-refractivity contribution in [2.45, 2.75) is 45.6 Å². The van der Waals surface area contributed by atoms with Crippen LogP contribution in [-0.2, 0) is 9.53 Å². The maximum absolute atomic E-state index is 12.4. The van der Waals surface area contributed by atoms with Gasteiger partial charge in [-0.25, -0.2) is 4.98 Å². The Morgan fingerprint density at radius 3 is 2.84 bits per heavy atom. The van der Waals surface area contributed by atoms with Crippen molar-refractivity contribution >= 4 is 11.9 Å². The first-order valence-corrected chi connectivity index (χ1v) is 9.28. The summed E-state index contributed by atoms with van der Waals surface area (Å²) in [5, 5.41) is 3.05. The molecule has 7 nitrogen and oxygen atoms in total. The Bertz CT molecular complexity index is 582. The minimum atomic E-state index is 0.0637. The normalized spacial score (nSPS) is 21.4. The molecule has 0 aliphatic carbocycles. The highest BCUT2D eigenvalue weighted by atomic mass is 16.5. The second-order valence-corrected chi connectivity index (χ2v) is 6.72. The third kappa shape index (κ3) is 4.81. The molecule has 0 spiro atoms. The number of piperidine rings is 1. The molecule has 0 radical (unpaired) electrons. The Morgan fingerprint density at radius 2 is 2.16 bits per heavy atom. The van der Waals surface area contributed by atoms with Gasteiger partial charge in [0.05, 0.1) is 12.7 Å². The third-order valence-corrected chi connectivity index (χ3v) is 4.79. The molecule has 0 bridgehead atoms. The van der Waals surface area contributed by atoms with Crippen LogP contribution in [0, 0.1) is 12.8 Å². The molecule has 2 fully saturated rings. The Kier molecular flexibility index (Phi) is 6.07. The van der Waals surface area contributed by atoms with Gasteiger partial charge < -0.3 is 19.7 Å². The molecule has 138 valence electrons. The number of hydrogen-bond acceptors (Lipinski definition) is 6. The van der Waals surface area contributed by atoms with Gasteiger partial charge in [-0.15, -0.1) is 0 Å². The minimum absolute atomic E-state index is 0.0637. The molecule has 1 N–H and O–H groups in total. The predicted octanol–water partition coefficient (Wildman–Crippen LogP) is 1.70. The highest BCUT2D eigenvalue weighted by molar-refractivity contribution is 5.79. The molecule has 3 rings (SSSR count). The molecule has 1 aromatic heterocycles. The number of carbonyl (C=O) groups is 1. The Morgan fingerprint density at radius 1 is 1.36 bits per heavy atom. The quantitative estimate of drug-likeness (QED) is 0.843. The maximum Gasteiger partial charge on any atom is 0.228 e. The van der Waals surface area contributed by atoms with Gasteiger partial charge in [-0.2, -0.15) is 4.98 Å². The molecule has 3 heterocycles. The molecule has 2 aliphatic rings. The van der Waals surface area contributed by atoms with Gasteiger partial charge >= 0.3 is 0 Å². The summed E-state index contributed by atoms with van der Waals surface area (Å²) in [5.41, 5.74) is 0.893. The average molecular weight is 348 g/mol. The number of anilines is 1. The first-order chi connectivity index (χ1) is 12.2. The number of nitrogens with one attached hydrogen (secondary N) is 1. The van der Waals surface area contributed by atoms with Crippen molar-refractivity contribution in [2.24, 2.45) is 5.92 Å². The Labute approximate surface area is 149 Å². The van der Waals surface area contributed by atoms with E-state index in [0.29, 0.717) is 25.0 Å². The van der Waals surface area contributed by atoms with Gasteiger partial charge in [0.15, 0.2) is 0 Å². The molecule has 25 heavy (non-hydrogen) atoms. The maximum atomic E-state index is 12.4. The van der Waals surface area contributed by atoms with Crippen LogP contribution in [0.5, 0.6) is 5.88 Å². The molecule has 7 heteroatoms. The third-order valence-electron chi connectivity index (χ3n) is 4.79. The molecule has 2 aliphatic heterocycles. The van der Waals surface area contributed by atoms with E-state index < -0.39 is 0 Å². The standard InChI is InChI=1S/C18H28N4O3/c1-3-24-16-11-13(2)20-18(21-16)22-8-6-14(7-9-22)17(23)19-12-15-5-4-10-25-15/h11,14-15H,3-10,12H2,1-2H3,(H,19,23)/t15-/m0/s1. The lowest BCUT2D eigenvalue weighted by Gasteiger charge is -2.31. The first kappa shape index (κ1) is 17.9. The van der Waals surface area contributed by atoms with E-state index in [4.69, 9.17) is 9.47 Å². The molecule has 1 amide bonds. The summed E-state index contributed by atoms with van der Waals surface area (Å²) < 4.78 is 11.1. The van der Waals surface area contributed by atoms with E-state index in [1.165, 1.54) is 0 Å². The number of carbonyl (C=O) groups excluding carboxylic acids is 1. The topological polar surface area (TPSA) is 76.6 Å². The van der Waals surface area contributed by atoms with Gasteiger partial charge in [0.1, 0.15) is 0 Å². The van der Waals surface area contributed by atoms with Gasteiger partial charge in [0, 0.05) is 43.9 Å². The van der Waals surface area contributed by atoms with Gasteiger partial charge in [-0.1, -0.05) is 0 Å². The van der Waals surface area contributed by atoms with E-state index in [2.05, 4.69) is 20.2 Å². The van der Waals surface area contributed by atoms with Crippen LogP contribution in [0.1, 0.15) is 38.3 Å². The zero-order valence-electron chi connectivity index (χ0n) is 15.2. The van der Waals surface area contributed by atoms with E-state index in [0.717, 1.165) is 51.1 Å². The summed E-state index contributed by atoms with van der Waals surface area (Å²) in [7, 11) is 0. The van der Waals surface area contributed by atoms with Crippen molar-refractivity contribution in [1.29, 1.82) is 0 Å². The van der Waals surface area contributed by atoms with Crippen molar-refractivity contribution < 1.29 is 14.3 Å². The lowest BCUT2D eigenvalue weighted by molar-refractivity contribution is -0.126. The van der Waals surface area contributed by atoms with Crippen molar-refractivity contribution in [3.05, 3.63) is 11.8 Å². The smallest absolute Gasteiger partial charge is 0.228 e. The molecular weight excluding hydrogens is 320 g/mol. The lowest BCUT2D eigenvalue weighted by Crippen LogP contribution is -2.42. The number of nitrogens with zero attached hydrogens (tertiary/aromatic N) is 3. The fourth-order valence-corrected chi connectivity index (χ4v) is 3.39. The number of ether oxygens (including phenoxy) is 2. The molecule has 1 atom stereocenters. The fourth-order valence-electron chi connectivity index (χ4n) is 3.39. The molecule has 0 saturated carbocycles. The fraction of sp³-hybridized carbons (Fsp3) is 0.722. The predicted molar refractivity (Wildman–Crippen MR) is 94.9 cm³/mol. The van der Waals surface area contributed by atoms with Crippen LogP contribution < -0.4 is 15.0 Å².